The first-order valence-corrected chi connectivity index (χ1v) is 10.6. The van der Waals surface area contributed by atoms with Gasteiger partial charge in [0, 0.05) is 17.2 Å². The van der Waals surface area contributed by atoms with Crippen LogP contribution in [0, 0.1) is 10.1 Å². The molecule has 0 N–H and O–H groups in total. The third-order valence-corrected chi connectivity index (χ3v) is 5.56. The van der Waals surface area contributed by atoms with Crippen LogP contribution in [0.1, 0.15) is 11.1 Å². The summed E-state index contributed by atoms with van der Waals surface area (Å²) in [6, 6.07) is 13.4. The lowest BCUT2D eigenvalue weighted by Crippen LogP contribution is -2.20. The lowest BCUT2D eigenvalue weighted by Gasteiger charge is -2.12. The smallest absolute Gasteiger partial charge is 0.416 e. The minimum absolute atomic E-state index is 0.00124. The van der Waals surface area contributed by atoms with Gasteiger partial charge < -0.3 is 4.74 Å². The van der Waals surface area contributed by atoms with Crippen molar-refractivity contribution >= 4 is 38.7 Å². The van der Waals surface area contributed by atoms with E-state index in [1.165, 1.54) is 43.7 Å². The average Bonchev–Trinajstić information content (AvgIpc) is 2.82. The Bertz CT molecular complexity index is 1550. The zero-order valence-corrected chi connectivity index (χ0v) is 19.4. The summed E-state index contributed by atoms with van der Waals surface area (Å²) in [5, 5.41) is 15.8. The van der Waals surface area contributed by atoms with Crippen LogP contribution in [0.15, 0.2) is 75.0 Å². The van der Waals surface area contributed by atoms with E-state index in [1.807, 2.05) is 0 Å². The maximum absolute atomic E-state index is 13.3. The number of nitrogens with zero attached hydrogens (tertiary/aromatic N) is 4. The van der Waals surface area contributed by atoms with Gasteiger partial charge in [0.15, 0.2) is 5.82 Å². The third kappa shape index (κ3) is 4.78. The predicted octanol–water partition coefficient (Wildman–Crippen LogP) is 5.64. The van der Waals surface area contributed by atoms with Gasteiger partial charge in [-0.15, -0.1) is 0 Å². The second-order valence-corrected chi connectivity index (χ2v) is 8.06. The highest BCUT2D eigenvalue weighted by molar-refractivity contribution is 9.10. The second-order valence-electron chi connectivity index (χ2n) is 7.20. The molecule has 0 radical (unpaired) electrons. The van der Waals surface area contributed by atoms with E-state index in [0.717, 1.165) is 16.8 Å². The standard InChI is InChI=1S/C23H14BrF3N4O4/c1-35-20-17(24)9-13(10-19(20)31(33)34)12-28-30-21(14-5-4-6-15(11-14)23(25,26)27)29-18-8-3-2-7-16(18)22(30)32/h2-12H,1H3. The summed E-state index contributed by atoms with van der Waals surface area (Å²) in [6.07, 6.45) is -3.43. The maximum Gasteiger partial charge on any atom is 0.416 e. The van der Waals surface area contributed by atoms with Gasteiger partial charge in [0.1, 0.15) is 0 Å². The van der Waals surface area contributed by atoms with E-state index in [1.54, 1.807) is 18.2 Å². The van der Waals surface area contributed by atoms with E-state index in [-0.39, 0.29) is 43.8 Å². The first-order chi connectivity index (χ1) is 16.6. The number of nitro groups is 1. The van der Waals surface area contributed by atoms with Crippen molar-refractivity contribution in [1.82, 2.24) is 9.66 Å². The molecule has 4 aromatic rings. The van der Waals surface area contributed by atoms with Crippen molar-refractivity contribution in [2.75, 3.05) is 7.11 Å². The van der Waals surface area contributed by atoms with Gasteiger partial charge in [-0.05, 0) is 46.3 Å². The number of halogens is 4. The quantitative estimate of drug-likeness (QED) is 0.183. The molecule has 0 fully saturated rings. The number of benzene rings is 3. The van der Waals surface area contributed by atoms with E-state index < -0.39 is 22.2 Å². The number of para-hydroxylation sites is 1. The Morgan fingerprint density at radius 2 is 1.89 bits per heavy atom. The van der Waals surface area contributed by atoms with Crippen LogP contribution in [-0.2, 0) is 6.18 Å². The van der Waals surface area contributed by atoms with Crippen LogP contribution in [0.25, 0.3) is 22.3 Å². The number of methoxy groups -OCH3 is 1. The number of hydrogen-bond donors (Lipinski definition) is 0. The Labute approximate surface area is 203 Å². The van der Waals surface area contributed by atoms with E-state index in [9.17, 15) is 28.1 Å². The van der Waals surface area contributed by atoms with Crippen LogP contribution in [0.2, 0.25) is 0 Å². The largest absolute Gasteiger partial charge is 0.489 e. The molecule has 0 bridgehead atoms. The number of rotatable bonds is 5. The maximum atomic E-state index is 13.3. The van der Waals surface area contributed by atoms with Crippen molar-refractivity contribution in [2.45, 2.75) is 6.18 Å². The van der Waals surface area contributed by atoms with Crippen LogP contribution in [0.5, 0.6) is 5.75 Å². The average molecular weight is 547 g/mol. The van der Waals surface area contributed by atoms with Gasteiger partial charge in [-0.3, -0.25) is 14.9 Å². The third-order valence-electron chi connectivity index (χ3n) is 4.97. The molecular formula is C23H14BrF3N4O4. The summed E-state index contributed by atoms with van der Waals surface area (Å²) in [4.78, 5) is 28.4. The van der Waals surface area contributed by atoms with Gasteiger partial charge in [0.2, 0.25) is 5.75 Å². The Kier molecular flexibility index (Phi) is 6.39. The van der Waals surface area contributed by atoms with E-state index in [0.29, 0.717) is 0 Å². The normalized spacial score (nSPS) is 11.8. The number of fused-ring (bicyclic) bond motifs is 1. The van der Waals surface area contributed by atoms with E-state index in [4.69, 9.17) is 4.74 Å². The predicted molar refractivity (Wildman–Crippen MR) is 127 cm³/mol. The summed E-state index contributed by atoms with van der Waals surface area (Å²) < 4.78 is 46.1. The minimum atomic E-state index is -4.60. The van der Waals surface area contributed by atoms with Gasteiger partial charge in [-0.2, -0.15) is 22.9 Å². The van der Waals surface area contributed by atoms with Crippen molar-refractivity contribution in [1.29, 1.82) is 0 Å². The molecule has 0 aliphatic heterocycles. The molecule has 8 nitrogen and oxygen atoms in total. The molecule has 3 aromatic carbocycles. The van der Waals surface area contributed by atoms with Crippen molar-refractivity contribution in [2.24, 2.45) is 5.10 Å². The van der Waals surface area contributed by atoms with Crippen molar-refractivity contribution in [3.8, 4) is 17.1 Å². The van der Waals surface area contributed by atoms with Gasteiger partial charge in [-0.25, -0.2) is 4.98 Å². The Hall–Kier alpha value is -4.06. The summed E-state index contributed by atoms with van der Waals surface area (Å²) in [5.74, 6) is -0.125. The fourth-order valence-electron chi connectivity index (χ4n) is 3.39. The summed E-state index contributed by atoms with van der Waals surface area (Å²) in [5.41, 5.74) is -1.35. The summed E-state index contributed by atoms with van der Waals surface area (Å²) in [7, 11) is 1.28. The van der Waals surface area contributed by atoms with Crippen LogP contribution >= 0.6 is 15.9 Å². The molecule has 178 valence electrons. The number of nitro benzene ring substituents is 1. The number of alkyl halides is 3. The van der Waals surface area contributed by atoms with E-state index >= 15 is 0 Å². The lowest BCUT2D eigenvalue weighted by molar-refractivity contribution is -0.385. The zero-order valence-electron chi connectivity index (χ0n) is 17.8. The fraction of sp³-hybridized carbons (Fsp3) is 0.0870. The molecule has 0 aliphatic carbocycles. The van der Waals surface area contributed by atoms with Crippen molar-refractivity contribution in [3.63, 3.8) is 0 Å². The van der Waals surface area contributed by atoms with Crippen molar-refractivity contribution in [3.05, 3.63) is 96.7 Å². The number of ether oxygens (including phenoxy) is 1. The van der Waals surface area contributed by atoms with Crippen LogP contribution in [0.3, 0.4) is 0 Å². The molecule has 0 spiro atoms. The first kappa shape index (κ1) is 24.1. The molecule has 0 saturated heterocycles. The highest BCUT2D eigenvalue weighted by Crippen LogP contribution is 2.36. The molecule has 0 saturated carbocycles. The molecule has 0 unspecified atom stereocenters. The van der Waals surface area contributed by atoms with Gasteiger partial charge in [-0.1, -0.05) is 24.3 Å². The second kappa shape index (κ2) is 9.29. The van der Waals surface area contributed by atoms with Crippen LogP contribution < -0.4 is 10.3 Å². The fourth-order valence-corrected chi connectivity index (χ4v) is 4.02. The number of aromatic nitrogens is 2. The number of hydrogen-bond acceptors (Lipinski definition) is 6. The van der Waals surface area contributed by atoms with Crippen molar-refractivity contribution < 1.29 is 22.8 Å². The monoisotopic (exact) mass is 546 g/mol. The SMILES string of the molecule is COc1c(Br)cc(C=Nn2c(-c3cccc(C(F)(F)F)c3)nc3ccccc3c2=O)cc1[N+](=O)[O-]. The highest BCUT2D eigenvalue weighted by Gasteiger charge is 2.31. The summed E-state index contributed by atoms with van der Waals surface area (Å²) >= 11 is 3.20. The molecule has 12 heteroatoms. The highest BCUT2D eigenvalue weighted by atomic mass is 79.9. The molecule has 35 heavy (non-hydrogen) atoms. The van der Waals surface area contributed by atoms with Gasteiger partial charge in [0.25, 0.3) is 5.56 Å². The van der Waals surface area contributed by atoms with Gasteiger partial charge >= 0.3 is 11.9 Å². The Balaban J connectivity index is 1.93. The lowest BCUT2D eigenvalue weighted by atomic mass is 10.1. The van der Waals surface area contributed by atoms with Gasteiger partial charge in [0.05, 0.1) is 39.2 Å². The zero-order chi connectivity index (χ0) is 25.3. The molecule has 0 aliphatic rings. The first-order valence-electron chi connectivity index (χ1n) is 9.86. The Morgan fingerprint density at radius 1 is 1.14 bits per heavy atom. The molecular weight excluding hydrogens is 533 g/mol. The molecule has 0 atom stereocenters. The van der Waals surface area contributed by atoms with E-state index in [2.05, 4.69) is 26.0 Å². The summed E-state index contributed by atoms with van der Waals surface area (Å²) in [6.45, 7) is 0. The molecule has 1 heterocycles. The molecule has 4 rings (SSSR count). The minimum Gasteiger partial charge on any atom is -0.489 e. The Morgan fingerprint density at radius 3 is 2.57 bits per heavy atom. The van der Waals surface area contributed by atoms with Crippen LogP contribution in [-0.4, -0.2) is 27.9 Å². The molecule has 0 amide bonds. The van der Waals surface area contributed by atoms with Crippen LogP contribution in [0.4, 0.5) is 18.9 Å². The topological polar surface area (TPSA) is 99.6 Å². The molecule has 1 aromatic heterocycles.